The molecule has 0 radical (unpaired) electrons. The van der Waals surface area contributed by atoms with Gasteiger partial charge in [0.1, 0.15) is 0 Å². The van der Waals surface area contributed by atoms with E-state index >= 15 is 0 Å². The predicted octanol–water partition coefficient (Wildman–Crippen LogP) is 3.01. The summed E-state index contributed by atoms with van der Waals surface area (Å²) in [6.07, 6.45) is 0. The number of thiazole rings is 1. The highest BCUT2D eigenvalue weighted by molar-refractivity contribution is 7.13. The van der Waals surface area contributed by atoms with Crippen molar-refractivity contribution >= 4 is 22.4 Å². The van der Waals surface area contributed by atoms with Crippen molar-refractivity contribution < 1.29 is 4.79 Å². The van der Waals surface area contributed by atoms with Crippen LogP contribution in [0.2, 0.25) is 0 Å². The molecule has 1 heterocycles. The summed E-state index contributed by atoms with van der Waals surface area (Å²) in [4.78, 5) is 16.0. The third kappa shape index (κ3) is 2.46. The molecule has 82 valence electrons. The van der Waals surface area contributed by atoms with Gasteiger partial charge < -0.3 is 0 Å². The number of anilines is 1. The van der Waals surface area contributed by atoms with Crippen LogP contribution >= 0.6 is 11.3 Å². The van der Waals surface area contributed by atoms with Gasteiger partial charge in [-0.25, -0.2) is 4.98 Å². The maximum Gasteiger partial charge on any atom is 0.257 e. The van der Waals surface area contributed by atoms with Gasteiger partial charge in [0.15, 0.2) is 5.13 Å². The molecule has 2 aromatic rings. The average Bonchev–Trinajstić information content (AvgIpc) is 2.64. The Kier molecular flexibility index (Phi) is 3.01. The summed E-state index contributed by atoms with van der Waals surface area (Å²) >= 11 is 1.43. The minimum atomic E-state index is -0.113. The zero-order valence-electron chi connectivity index (χ0n) is 9.15. The van der Waals surface area contributed by atoms with Crippen LogP contribution in [-0.2, 0) is 0 Å². The quantitative estimate of drug-likeness (QED) is 0.864. The van der Waals surface area contributed by atoms with Gasteiger partial charge in [0.05, 0.1) is 5.69 Å². The average molecular weight is 232 g/mol. The smallest absolute Gasteiger partial charge is 0.257 e. The van der Waals surface area contributed by atoms with Gasteiger partial charge in [-0.1, -0.05) is 17.7 Å². The second kappa shape index (κ2) is 4.45. The van der Waals surface area contributed by atoms with Gasteiger partial charge in [0, 0.05) is 10.9 Å². The molecule has 0 spiro atoms. The van der Waals surface area contributed by atoms with Crippen LogP contribution in [0.4, 0.5) is 5.13 Å². The molecule has 0 atom stereocenters. The minimum absolute atomic E-state index is 0.113. The van der Waals surface area contributed by atoms with Gasteiger partial charge in [0.25, 0.3) is 5.91 Å². The molecule has 1 aromatic carbocycles. The summed E-state index contributed by atoms with van der Waals surface area (Å²) in [5, 5.41) is 5.33. The normalized spacial score (nSPS) is 10.1. The van der Waals surface area contributed by atoms with Crippen LogP contribution in [0.15, 0.2) is 29.6 Å². The number of hydrogen-bond donors (Lipinski definition) is 1. The monoisotopic (exact) mass is 232 g/mol. The number of nitrogens with one attached hydrogen (secondary N) is 1. The first-order chi connectivity index (χ1) is 7.65. The van der Waals surface area contributed by atoms with Crippen LogP contribution in [0.3, 0.4) is 0 Å². The Balaban J connectivity index is 2.14. The molecule has 1 amide bonds. The zero-order chi connectivity index (χ0) is 11.5. The lowest BCUT2D eigenvalue weighted by Gasteiger charge is -2.02. The second-order valence-corrected chi connectivity index (χ2v) is 4.48. The molecule has 0 aliphatic carbocycles. The molecule has 3 nitrogen and oxygen atoms in total. The molecule has 0 fully saturated rings. The van der Waals surface area contributed by atoms with Crippen molar-refractivity contribution in [3.05, 3.63) is 46.5 Å². The highest BCUT2D eigenvalue weighted by atomic mass is 32.1. The van der Waals surface area contributed by atoms with Crippen molar-refractivity contribution in [2.45, 2.75) is 13.8 Å². The number of carbonyl (C=O) groups is 1. The molecule has 2 rings (SSSR count). The van der Waals surface area contributed by atoms with Gasteiger partial charge in [-0.15, -0.1) is 11.3 Å². The molecule has 0 saturated heterocycles. The summed E-state index contributed by atoms with van der Waals surface area (Å²) in [5.41, 5.74) is 2.65. The lowest BCUT2D eigenvalue weighted by atomic mass is 10.1. The van der Waals surface area contributed by atoms with Gasteiger partial charge in [-0.3, -0.25) is 10.1 Å². The van der Waals surface area contributed by atoms with Gasteiger partial charge in [-0.2, -0.15) is 0 Å². The highest BCUT2D eigenvalue weighted by Crippen LogP contribution is 2.15. The second-order valence-electron chi connectivity index (χ2n) is 3.62. The summed E-state index contributed by atoms with van der Waals surface area (Å²) in [7, 11) is 0. The lowest BCUT2D eigenvalue weighted by molar-refractivity contribution is 0.102. The first-order valence-corrected chi connectivity index (χ1v) is 5.83. The number of aryl methyl sites for hydroxylation is 2. The predicted molar refractivity (Wildman–Crippen MR) is 66.0 cm³/mol. The summed E-state index contributed by atoms with van der Waals surface area (Å²) in [5.74, 6) is -0.113. The van der Waals surface area contributed by atoms with E-state index in [0.717, 1.165) is 11.3 Å². The molecule has 0 aliphatic rings. The van der Waals surface area contributed by atoms with Crippen molar-refractivity contribution in [2.24, 2.45) is 0 Å². The SMILES string of the molecule is Cc1cccc(C(=O)Nc2nc(C)cs2)c1. The Labute approximate surface area is 98.2 Å². The fraction of sp³-hybridized carbons (Fsp3) is 0.167. The standard InChI is InChI=1S/C12H12N2OS/c1-8-4-3-5-10(6-8)11(15)14-12-13-9(2)7-16-12/h3-7H,1-2H3,(H,13,14,15). The van der Waals surface area contributed by atoms with E-state index in [9.17, 15) is 4.79 Å². The molecule has 0 saturated carbocycles. The number of nitrogens with zero attached hydrogens (tertiary/aromatic N) is 1. The number of benzene rings is 1. The third-order valence-corrected chi connectivity index (χ3v) is 3.00. The Morgan fingerprint density at radius 2 is 2.19 bits per heavy atom. The van der Waals surface area contributed by atoms with Crippen molar-refractivity contribution in [1.82, 2.24) is 4.98 Å². The number of rotatable bonds is 2. The van der Waals surface area contributed by atoms with E-state index < -0.39 is 0 Å². The minimum Gasteiger partial charge on any atom is -0.298 e. The Morgan fingerprint density at radius 3 is 2.81 bits per heavy atom. The van der Waals surface area contributed by atoms with Crippen LogP contribution in [0.5, 0.6) is 0 Å². The van der Waals surface area contributed by atoms with E-state index in [1.54, 1.807) is 6.07 Å². The molecule has 0 bridgehead atoms. The van der Waals surface area contributed by atoms with E-state index in [-0.39, 0.29) is 5.91 Å². The van der Waals surface area contributed by atoms with Crippen LogP contribution in [-0.4, -0.2) is 10.9 Å². The Hall–Kier alpha value is -1.68. The summed E-state index contributed by atoms with van der Waals surface area (Å²) in [6.45, 7) is 3.86. The van der Waals surface area contributed by atoms with E-state index in [2.05, 4.69) is 10.3 Å². The Bertz CT molecular complexity index is 519. The number of amides is 1. The summed E-state index contributed by atoms with van der Waals surface area (Å²) in [6, 6.07) is 7.49. The van der Waals surface area contributed by atoms with Crippen LogP contribution in [0, 0.1) is 13.8 Å². The van der Waals surface area contributed by atoms with Crippen molar-refractivity contribution in [1.29, 1.82) is 0 Å². The maximum atomic E-state index is 11.8. The van der Waals surface area contributed by atoms with E-state index in [1.807, 2.05) is 37.4 Å². The van der Waals surface area contributed by atoms with Gasteiger partial charge in [-0.05, 0) is 26.0 Å². The highest BCUT2D eigenvalue weighted by Gasteiger charge is 2.07. The van der Waals surface area contributed by atoms with Crippen molar-refractivity contribution in [3.8, 4) is 0 Å². The molecule has 1 N–H and O–H groups in total. The Morgan fingerprint density at radius 1 is 1.38 bits per heavy atom. The molecular weight excluding hydrogens is 220 g/mol. The first-order valence-electron chi connectivity index (χ1n) is 4.95. The molecular formula is C12H12N2OS. The fourth-order valence-electron chi connectivity index (χ4n) is 1.37. The number of aromatic nitrogens is 1. The molecule has 0 unspecified atom stereocenters. The fourth-order valence-corrected chi connectivity index (χ4v) is 2.05. The van der Waals surface area contributed by atoms with E-state index in [4.69, 9.17) is 0 Å². The first kappa shape index (κ1) is 10.8. The molecule has 0 aliphatic heterocycles. The lowest BCUT2D eigenvalue weighted by Crippen LogP contribution is -2.11. The van der Waals surface area contributed by atoms with E-state index in [1.165, 1.54) is 11.3 Å². The largest absolute Gasteiger partial charge is 0.298 e. The van der Waals surface area contributed by atoms with Crippen molar-refractivity contribution in [3.63, 3.8) is 0 Å². The maximum absolute atomic E-state index is 11.8. The van der Waals surface area contributed by atoms with Crippen LogP contribution in [0.1, 0.15) is 21.6 Å². The topological polar surface area (TPSA) is 42.0 Å². The van der Waals surface area contributed by atoms with Crippen molar-refractivity contribution in [2.75, 3.05) is 5.32 Å². The van der Waals surface area contributed by atoms with Gasteiger partial charge in [0.2, 0.25) is 0 Å². The number of carbonyl (C=O) groups excluding carboxylic acids is 1. The van der Waals surface area contributed by atoms with Crippen LogP contribution in [0.25, 0.3) is 0 Å². The van der Waals surface area contributed by atoms with E-state index in [0.29, 0.717) is 10.7 Å². The third-order valence-electron chi connectivity index (χ3n) is 2.12. The molecule has 1 aromatic heterocycles. The molecule has 16 heavy (non-hydrogen) atoms. The number of hydrogen-bond acceptors (Lipinski definition) is 3. The summed E-state index contributed by atoms with van der Waals surface area (Å²) < 4.78 is 0. The molecule has 4 heteroatoms. The zero-order valence-corrected chi connectivity index (χ0v) is 9.97. The van der Waals surface area contributed by atoms with Crippen LogP contribution < -0.4 is 5.32 Å². The van der Waals surface area contributed by atoms with Gasteiger partial charge >= 0.3 is 0 Å².